The fourth-order valence-corrected chi connectivity index (χ4v) is 0.488. The number of nitrogens with two attached hydrogens (primary N) is 1. The molecule has 0 radical (unpaired) electrons. The van der Waals surface area contributed by atoms with E-state index in [4.69, 9.17) is 10.5 Å². The molecule has 0 aromatic heterocycles. The van der Waals surface area contributed by atoms with Crippen molar-refractivity contribution in [1.82, 2.24) is 5.32 Å². The number of thiocarbonyl (C=S) groups is 1. The molecule has 0 aliphatic heterocycles. The summed E-state index contributed by atoms with van der Waals surface area (Å²) in [6.07, 6.45) is 0. The van der Waals surface area contributed by atoms with Crippen molar-refractivity contribution in [2.24, 2.45) is 5.73 Å². The zero-order chi connectivity index (χ0) is 7.11. The first-order chi connectivity index (χ1) is 4.27. The zero-order valence-electron chi connectivity index (χ0n) is 5.52. The first-order valence-electron chi connectivity index (χ1n) is 2.75. The number of rotatable bonds is 5. The van der Waals surface area contributed by atoms with E-state index in [1.165, 1.54) is 0 Å². The van der Waals surface area contributed by atoms with E-state index in [-0.39, 0.29) is 0 Å². The Labute approximate surface area is 60.6 Å². The molecule has 0 fully saturated rings. The summed E-state index contributed by atoms with van der Waals surface area (Å²) in [5, 5.41) is 2.99. The van der Waals surface area contributed by atoms with Gasteiger partial charge in [-0.1, -0.05) is 12.2 Å². The van der Waals surface area contributed by atoms with Crippen molar-refractivity contribution in [1.29, 1.82) is 0 Å². The van der Waals surface area contributed by atoms with Gasteiger partial charge in [-0.25, -0.2) is 0 Å². The van der Waals surface area contributed by atoms with Gasteiger partial charge in [0.15, 0.2) is 0 Å². The van der Waals surface area contributed by atoms with E-state index in [0.717, 1.165) is 6.54 Å². The van der Waals surface area contributed by atoms with E-state index in [0.29, 0.717) is 18.1 Å². The normalized spacial score (nSPS) is 9.44. The van der Waals surface area contributed by atoms with Crippen molar-refractivity contribution in [3.63, 3.8) is 0 Å². The molecule has 9 heavy (non-hydrogen) atoms. The lowest BCUT2D eigenvalue weighted by molar-refractivity contribution is 0.201. The second kappa shape index (κ2) is 5.94. The van der Waals surface area contributed by atoms with Crippen LogP contribution in [0.15, 0.2) is 0 Å². The number of hydrogen-bond acceptors (Lipinski definition) is 3. The van der Waals surface area contributed by atoms with Crippen LogP contribution in [-0.4, -0.2) is 31.8 Å². The van der Waals surface area contributed by atoms with Crippen molar-refractivity contribution in [3.05, 3.63) is 0 Å². The van der Waals surface area contributed by atoms with E-state index < -0.39 is 0 Å². The minimum Gasteiger partial charge on any atom is -0.392 e. The molecule has 0 atom stereocenters. The van der Waals surface area contributed by atoms with Crippen LogP contribution >= 0.6 is 12.2 Å². The molecular formula is C5H12N2OS. The maximum absolute atomic E-state index is 5.20. The van der Waals surface area contributed by atoms with Crippen LogP contribution in [0, 0.1) is 0 Å². The highest BCUT2D eigenvalue weighted by atomic mass is 32.1. The smallest absolute Gasteiger partial charge is 0.0867 e. The van der Waals surface area contributed by atoms with Crippen LogP contribution in [-0.2, 0) is 4.74 Å². The first-order valence-corrected chi connectivity index (χ1v) is 3.16. The number of methoxy groups -OCH3 is 1. The highest BCUT2D eigenvalue weighted by molar-refractivity contribution is 7.80. The lowest BCUT2D eigenvalue weighted by atomic mass is 10.6. The van der Waals surface area contributed by atoms with Crippen molar-refractivity contribution in [3.8, 4) is 0 Å². The molecule has 0 heterocycles. The molecule has 54 valence electrons. The third kappa shape index (κ3) is 7.81. The number of nitrogens with one attached hydrogen (secondary N) is 1. The molecule has 0 saturated heterocycles. The summed E-state index contributed by atoms with van der Waals surface area (Å²) in [7, 11) is 1.66. The van der Waals surface area contributed by atoms with Gasteiger partial charge in [-0.3, -0.25) is 0 Å². The molecular weight excluding hydrogens is 136 g/mol. The second-order valence-corrected chi connectivity index (χ2v) is 2.16. The summed E-state index contributed by atoms with van der Waals surface area (Å²) in [5.41, 5.74) is 5.20. The maximum Gasteiger partial charge on any atom is 0.0867 e. The third-order valence-corrected chi connectivity index (χ3v) is 0.927. The third-order valence-electron chi connectivity index (χ3n) is 0.782. The Balaban J connectivity index is 2.83. The molecule has 4 heteroatoms. The Hall–Kier alpha value is -0.190. The van der Waals surface area contributed by atoms with Crippen LogP contribution in [0.2, 0.25) is 0 Å². The number of hydrogen-bond donors (Lipinski definition) is 2. The average molecular weight is 148 g/mol. The molecule has 0 unspecified atom stereocenters. The van der Waals surface area contributed by atoms with Crippen molar-refractivity contribution in [2.75, 3.05) is 26.8 Å². The summed E-state index contributed by atoms with van der Waals surface area (Å²) in [6.45, 7) is 2.09. The summed E-state index contributed by atoms with van der Waals surface area (Å²) in [4.78, 5) is 0.492. The molecule has 3 nitrogen and oxygen atoms in total. The Morgan fingerprint density at radius 3 is 2.89 bits per heavy atom. The topological polar surface area (TPSA) is 47.3 Å². The highest BCUT2D eigenvalue weighted by Crippen LogP contribution is 1.64. The van der Waals surface area contributed by atoms with Gasteiger partial charge in [0.05, 0.1) is 11.6 Å². The van der Waals surface area contributed by atoms with E-state index in [9.17, 15) is 0 Å². The SMILES string of the molecule is COCCNCC(N)=S. The molecule has 0 aromatic rings. The Morgan fingerprint density at radius 1 is 1.78 bits per heavy atom. The van der Waals surface area contributed by atoms with Crippen molar-refractivity contribution < 1.29 is 4.74 Å². The molecule has 3 N–H and O–H groups in total. The molecule has 0 aromatic carbocycles. The van der Waals surface area contributed by atoms with Crippen LogP contribution in [0.3, 0.4) is 0 Å². The second-order valence-electron chi connectivity index (χ2n) is 1.64. The summed E-state index contributed by atoms with van der Waals surface area (Å²) >= 11 is 4.62. The van der Waals surface area contributed by atoms with Gasteiger partial charge in [-0.2, -0.15) is 0 Å². The Bertz CT molecular complexity index is 87.0. The molecule has 0 aliphatic rings. The molecule has 0 rings (SSSR count). The average Bonchev–Trinajstić information content (AvgIpc) is 1.80. The number of ether oxygens (including phenoxy) is 1. The van der Waals surface area contributed by atoms with Crippen LogP contribution in [0.1, 0.15) is 0 Å². The van der Waals surface area contributed by atoms with E-state index in [1.807, 2.05) is 0 Å². The Kier molecular flexibility index (Phi) is 5.81. The largest absolute Gasteiger partial charge is 0.392 e. The van der Waals surface area contributed by atoms with E-state index in [2.05, 4.69) is 17.5 Å². The standard InChI is InChI=1S/C5H12N2OS/c1-8-3-2-7-4-5(6)9/h7H,2-4H2,1H3,(H2,6,9). The zero-order valence-corrected chi connectivity index (χ0v) is 6.33. The van der Waals surface area contributed by atoms with Crippen molar-refractivity contribution in [2.45, 2.75) is 0 Å². The van der Waals surface area contributed by atoms with Crippen LogP contribution in [0.5, 0.6) is 0 Å². The summed E-state index contributed by atoms with van der Waals surface area (Å²) in [6, 6.07) is 0. The molecule has 0 bridgehead atoms. The van der Waals surface area contributed by atoms with Gasteiger partial charge < -0.3 is 15.8 Å². The Morgan fingerprint density at radius 2 is 2.44 bits per heavy atom. The van der Waals surface area contributed by atoms with Crippen LogP contribution in [0.4, 0.5) is 0 Å². The predicted molar refractivity (Wildman–Crippen MR) is 41.5 cm³/mol. The molecule has 0 spiro atoms. The summed E-state index contributed by atoms with van der Waals surface area (Å²) in [5.74, 6) is 0. The monoisotopic (exact) mass is 148 g/mol. The van der Waals surface area contributed by atoms with E-state index in [1.54, 1.807) is 7.11 Å². The minimum absolute atomic E-state index is 0.492. The van der Waals surface area contributed by atoms with Gasteiger partial charge in [0.25, 0.3) is 0 Å². The van der Waals surface area contributed by atoms with Gasteiger partial charge in [0.1, 0.15) is 0 Å². The summed E-state index contributed by atoms with van der Waals surface area (Å²) < 4.78 is 4.78. The van der Waals surface area contributed by atoms with Crippen LogP contribution in [0.25, 0.3) is 0 Å². The molecule has 0 amide bonds. The molecule has 0 saturated carbocycles. The molecule has 0 aliphatic carbocycles. The van der Waals surface area contributed by atoms with Gasteiger partial charge in [-0.05, 0) is 0 Å². The van der Waals surface area contributed by atoms with Gasteiger partial charge in [0, 0.05) is 20.2 Å². The van der Waals surface area contributed by atoms with Gasteiger partial charge in [-0.15, -0.1) is 0 Å². The predicted octanol–water partition coefficient (Wildman–Crippen LogP) is -0.492. The maximum atomic E-state index is 5.20. The van der Waals surface area contributed by atoms with Gasteiger partial charge in [0.2, 0.25) is 0 Å². The van der Waals surface area contributed by atoms with E-state index >= 15 is 0 Å². The lowest BCUT2D eigenvalue weighted by Crippen LogP contribution is -2.29. The quantitative estimate of drug-likeness (QED) is 0.408. The first kappa shape index (κ1) is 8.81. The highest BCUT2D eigenvalue weighted by Gasteiger charge is 1.86. The minimum atomic E-state index is 0.492. The fourth-order valence-electron chi connectivity index (χ4n) is 0.386. The van der Waals surface area contributed by atoms with Crippen LogP contribution < -0.4 is 11.1 Å². The lowest BCUT2D eigenvalue weighted by Gasteiger charge is -2.00. The fraction of sp³-hybridized carbons (Fsp3) is 0.800. The van der Waals surface area contributed by atoms with Crippen molar-refractivity contribution >= 4 is 17.2 Å². The van der Waals surface area contributed by atoms with Gasteiger partial charge >= 0.3 is 0 Å².